The second-order valence-electron chi connectivity index (χ2n) is 6.17. The third-order valence-electron chi connectivity index (χ3n) is 3.18. The number of morpholine rings is 1. The summed E-state index contributed by atoms with van der Waals surface area (Å²) in [5.41, 5.74) is -0.587. The van der Waals surface area contributed by atoms with Crippen molar-refractivity contribution >= 4 is 29.5 Å². The first kappa shape index (κ1) is 17.7. The zero-order valence-electron chi connectivity index (χ0n) is 14.0. The van der Waals surface area contributed by atoms with Crippen molar-refractivity contribution < 1.29 is 14.3 Å². The van der Waals surface area contributed by atoms with Crippen LogP contribution in [0.5, 0.6) is 0 Å². The Morgan fingerprint density at radius 2 is 2.04 bits per heavy atom. The minimum Gasteiger partial charge on any atom is -0.443 e. The summed E-state index contributed by atoms with van der Waals surface area (Å²) in [5, 5.41) is 0.290. The highest BCUT2D eigenvalue weighted by Gasteiger charge is 2.25. The molecule has 8 heteroatoms. The minimum atomic E-state index is -0.587. The zero-order chi connectivity index (χ0) is 17.0. The Hall–Kier alpha value is -1.60. The van der Waals surface area contributed by atoms with E-state index in [4.69, 9.17) is 21.1 Å². The molecule has 1 aliphatic rings. The molecule has 1 saturated heterocycles. The second-order valence-corrected chi connectivity index (χ2v) is 6.56. The summed E-state index contributed by atoms with van der Waals surface area (Å²) in [6.45, 7) is 10.4. The lowest BCUT2D eigenvalue weighted by Gasteiger charge is -2.29. The van der Waals surface area contributed by atoms with Gasteiger partial charge in [-0.05, 0) is 27.7 Å². The maximum atomic E-state index is 12.3. The molecule has 1 aromatic heterocycles. The minimum absolute atomic E-state index is 0.246. The molecule has 7 nitrogen and oxygen atoms in total. The Bertz CT molecular complexity index is 556. The molecule has 23 heavy (non-hydrogen) atoms. The van der Waals surface area contributed by atoms with Crippen LogP contribution in [0.2, 0.25) is 5.15 Å². The number of anilines is 2. The van der Waals surface area contributed by atoms with E-state index >= 15 is 0 Å². The second kappa shape index (κ2) is 7.31. The van der Waals surface area contributed by atoms with E-state index in [1.54, 1.807) is 6.07 Å². The molecule has 0 aromatic carbocycles. The molecule has 0 bridgehead atoms. The van der Waals surface area contributed by atoms with Crippen molar-refractivity contribution in [3.8, 4) is 0 Å². The average molecular weight is 343 g/mol. The number of carbonyl (C=O) groups excluding carboxylic acids is 1. The van der Waals surface area contributed by atoms with Crippen LogP contribution in [-0.4, -0.2) is 54.5 Å². The van der Waals surface area contributed by atoms with E-state index in [2.05, 4.69) is 14.9 Å². The summed E-state index contributed by atoms with van der Waals surface area (Å²) in [6, 6.07) is 1.69. The molecule has 0 spiro atoms. The van der Waals surface area contributed by atoms with Gasteiger partial charge in [0.15, 0.2) is 0 Å². The number of rotatable bonds is 3. The van der Waals surface area contributed by atoms with Crippen LogP contribution in [0.3, 0.4) is 0 Å². The van der Waals surface area contributed by atoms with Gasteiger partial charge in [0, 0.05) is 25.7 Å². The number of halogens is 1. The molecule has 1 fully saturated rings. The van der Waals surface area contributed by atoms with Gasteiger partial charge in [0.1, 0.15) is 16.6 Å². The van der Waals surface area contributed by atoms with E-state index in [9.17, 15) is 4.79 Å². The molecule has 0 atom stereocenters. The van der Waals surface area contributed by atoms with Gasteiger partial charge >= 0.3 is 6.09 Å². The van der Waals surface area contributed by atoms with Crippen molar-refractivity contribution in [3.05, 3.63) is 11.2 Å². The first-order chi connectivity index (χ1) is 10.8. The Balaban J connectivity index is 2.25. The highest BCUT2D eigenvalue weighted by Crippen LogP contribution is 2.22. The molecule has 0 N–H and O–H groups in total. The van der Waals surface area contributed by atoms with Gasteiger partial charge < -0.3 is 14.4 Å². The quantitative estimate of drug-likeness (QED) is 0.787. The molecule has 1 amide bonds. The van der Waals surface area contributed by atoms with Crippen LogP contribution < -0.4 is 9.80 Å². The van der Waals surface area contributed by atoms with E-state index in [0.717, 1.165) is 13.1 Å². The van der Waals surface area contributed by atoms with Gasteiger partial charge in [-0.15, -0.1) is 0 Å². The van der Waals surface area contributed by atoms with Crippen molar-refractivity contribution in [3.63, 3.8) is 0 Å². The number of hydrogen-bond acceptors (Lipinski definition) is 6. The van der Waals surface area contributed by atoms with Gasteiger partial charge in [0.05, 0.1) is 13.2 Å². The number of carbonyl (C=O) groups is 1. The highest BCUT2D eigenvalue weighted by molar-refractivity contribution is 6.29. The fourth-order valence-electron chi connectivity index (χ4n) is 2.14. The molecule has 1 aromatic rings. The normalized spacial score (nSPS) is 15.4. The molecule has 1 aliphatic heterocycles. The van der Waals surface area contributed by atoms with Gasteiger partial charge in [-0.25, -0.2) is 14.7 Å². The molecular formula is C15H23ClN4O3. The maximum Gasteiger partial charge on any atom is 0.417 e. The molecule has 2 rings (SSSR count). The molecule has 0 aliphatic carbocycles. The first-order valence-corrected chi connectivity index (χ1v) is 8.06. The van der Waals surface area contributed by atoms with Crippen LogP contribution in [0.1, 0.15) is 27.7 Å². The lowest BCUT2D eigenvalue weighted by molar-refractivity contribution is 0.0580. The monoisotopic (exact) mass is 342 g/mol. The zero-order valence-corrected chi connectivity index (χ0v) is 14.8. The van der Waals surface area contributed by atoms with E-state index in [1.807, 2.05) is 27.7 Å². The van der Waals surface area contributed by atoms with Crippen LogP contribution in [0.25, 0.3) is 0 Å². The summed E-state index contributed by atoms with van der Waals surface area (Å²) in [4.78, 5) is 24.4. The summed E-state index contributed by atoms with van der Waals surface area (Å²) in [6.07, 6.45) is -0.491. The largest absolute Gasteiger partial charge is 0.443 e. The third kappa shape index (κ3) is 4.94. The molecule has 128 valence electrons. The van der Waals surface area contributed by atoms with E-state index in [1.165, 1.54) is 4.90 Å². The van der Waals surface area contributed by atoms with E-state index in [0.29, 0.717) is 30.7 Å². The predicted molar refractivity (Wildman–Crippen MR) is 89.3 cm³/mol. The summed E-state index contributed by atoms with van der Waals surface area (Å²) in [5.74, 6) is 0.932. The van der Waals surface area contributed by atoms with Gasteiger partial charge in [-0.2, -0.15) is 4.98 Å². The third-order valence-corrected chi connectivity index (χ3v) is 3.37. The molecule has 0 unspecified atom stereocenters. The predicted octanol–water partition coefficient (Wildman–Crippen LogP) is 2.73. The van der Waals surface area contributed by atoms with Crippen molar-refractivity contribution in [2.45, 2.75) is 33.3 Å². The highest BCUT2D eigenvalue weighted by atomic mass is 35.5. The smallest absolute Gasteiger partial charge is 0.417 e. The van der Waals surface area contributed by atoms with Gasteiger partial charge in [0.2, 0.25) is 5.95 Å². The van der Waals surface area contributed by atoms with Crippen LogP contribution in [0.4, 0.5) is 16.6 Å². The Morgan fingerprint density at radius 1 is 1.39 bits per heavy atom. The van der Waals surface area contributed by atoms with Crippen molar-refractivity contribution in [2.75, 3.05) is 42.6 Å². The Labute approximate surface area is 141 Å². The summed E-state index contributed by atoms with van der Waals surface area (Å²) >= 11 is 6.12. The molecular weight excluding hydrogens is 320 g/mol. The summed E-state index contributed by atoms with van der Waals surface area (Å²) < 4.78 is 10.7. The van der Waals surface area contributed by atoms with Gasteiger partial charge in [-0.1, -0.05) is 11.6 Å². The lowest BCUT2D eigenvalue weighted by atomic mass is 10.2. The summed E-state index contributed by atoms with van der Waals surface area (Å²) in [7, 11) is 0. The molecule has 0 radical (unpaired) electrons. The van der Waals surface area contributed by atoms with E-state index in [-0.39, 0.29) is 5.95 Å². The first-order valence-electron chi connectivity index (χ1n) is 7.68. The Kier molecular flexibility index (Phi) is 5.64. The van der Waals surface area contributed by atoms with Crippen LogP contribution in [0.15, 0.2) is 6.07 Å². The van der Waals surface area contributed by atoms with Crippen molar-refractivity contribution in [1.82, 2.24) is 9.97 Å². The lowest BCUT2D eigenvalue weighted by Crippen LogP contribution is -2.39. The van der Waals surface area contributed by atoms with Crippen LogP contribution >= 0.6 is 11.6 Å². The average Bonchev–Trinajstić information content (AvgIpc) is 2.46. The Morgan fingerprint density at radius 3 is 2.61 bits per heavy atom. The van der Waals surface area contributed by atoms with Crippen molar-refractivity contribution in [2.24, 2.45) is 0 Å². The fourth-order valence-corrected chi connectivity index (χ4v) is 2.31. The standard InChI is InChI=1S/C15H23ClN4O3/c1-5-20(14(21)23-15(2,3)4)13-17-11(16)10-12(18-13)19-6-8-22-9-7-19/h10H,5-9H2,1-4H3. The number of nitrogens with zero attached hydrogens (tertiary/aromatic N) is 4. The fraction of sp³-hybridized carbons (Fsp3) is 0.667. The van der Waals surface area contributed by atoms with Gasteiger partial charge in [-0.3, -0.25) is 0 Å². The van der Waals surface area contributed by atoms with Crippen molar-refractivity contribution in [1.29, 1.82) is 0 Å². The van der Waals surface area contributed by atoms with Gasteiger partial charge in [0.25, 0.3) is 0 Å². The molecule has 0 saturated carbocycles. The number of aromatic nitrogens is 2. The molecule has 2 heterocycles. The number of amides is 1. The van der Waals surface area contributed by atoms with Crippen LogP contribution in [0, 0.1) is 0 Å². The number of hydrogen-bond donors (Lipinski definition) is 0. The topological polar surface area (TPSA) is 67.8 Å². The maximum absolute atomic E-state index is 12.3. The van der Waals surface area contributed by atoms with Crippen LogP contribution in [-0.2, 0) is 9.47 Å². The SMILES string of the molecule is CCN(C(=O)OC(C)(C)C)c1nc(Cl)cc(N2CCOCC2)n1. The number of ether oxygens (including phenoxy) is 2. The van der Waals surface area contributed by atoms with E-state index < -0.39 is 11.7 Å².